The number of hydrogen-bond acceptors (Lipinski definition) is 3. The van der Waals surface area contributed by atoms with Crippen molar-refractivity contribution in [1.29, 1.82) is 0 Å². The van der Waals surface area contributed by atoms with Crippen LogP contribution in [-0.2, 0) is 6.54 Å². The summed E-state index contributed by atoms with van der Waals surface area (Å²) in [5.74, 6) is 0.966. The highest BCUT2D eigenvalue weighted by atomic mass is 35.5. The molecule has 1 heterocycles. The molecule has 20 heavy (non-hydrogen) atoms. The van der Waals surface area contributed by atoms with Gasteiger partial charge in [0.1, 0.15) is 5.75 Å². The molecule has 4 heteroatoms. The molecule has 0 bridgehead atoms. The second-order valence-corrected chi connectivity index (χ2v) is 5.67. The minimum Gasteiger partial charge on any atom is -0.491 e. The Bertz CT molecular complexity index is 398. The Kier molecular flexibility index (Phi) is 7.35. The molecule has 0 saturated carbocycles. The van der Waals surface area contributed by atoms with Crippen LogP contribution in [0.1, 0.15) is 38.7 Å². The van der Waals surface area contributed by atoms with E-state index in [1.807, 2.05) is 6.07 Å². The molecule has 3 nitrogen and oxygen atoms in total. The van der Waals surface area contributed by atoms with Crippen LogP contribution in [0.2, 0.25) is 0 Å². The maximum absolute atomic E-state index is 5.88. The SMILES string of the molecule is CC(C)Oc1cccc(CN2CCCCC2CN)c1.Cl. The van der Waals surface area contributed by atoms with E-state index >= 15 is 0 Å². The van der Waals surface area contributed by atoms with E-state index in [0.29, 0.717) is 6.04 Å². The fraction of sp³-hybridized carbons (Fsp3) is 0.625. The zero-order valence-electron chi connectivity index (χ0n) is 12.5. The van der Waals surface area contributed by atoms with Gasteiger partial charge in [0.2, 0.25) is 0 Å². The smallest absolute Gasteiger partial charge is 0.120 e. The summed E-state index contributed by atoms with van der Waals surface area (Å²) in [5, 5.41) is 0. The first-order valence-electron chi connectivity index (χ1n) is 7.38. The van der Waals surface area contributed by atoms with Crippen LogP contribution in [0.5, 0.6) is 5.75 Å². The molecule has 1 saturated heterocycles. The molecule has 114 valence electrons. The molecule has 0 aromatic heterocycles. The Morgan fingerprint density at radius 2 is 2.15 bits per heavy atom. The molecule has 1 fully saturated rings. The molecule has 0 radical (unpaired) electrons. The molecular formula is C16H27ClN2O. The number of halogens is 1. The van der Waals surface area contributed by atoms with Crippen LogP contribution in [0, 0.1) is 0 Å². The quantitative estimate of drug-likeness (QED) is 0.907. The van der Waals surface area contributed by atoms with Crippen molar-refractivity contribution in [2.75, 3.05) is 13.1 Å². The van der Waals surface area contributed by atoms with Gasteiger partial charge in [0.15, 0.2) is 0 Å². The lowest BCUT2D eigenvalue weighted by Crippen LogP contribution is -2.43. The van der Waals surface area contributed by atoms with Crippen LogP contribution in [-0.4, -0.2) is 30.1 Å². The van der Waals surface area contributed by atoms with Crippen molar-refractivity contribution in [3.63, 3.8) is 0 Å². The molecular weight excluding hydrogens is 272 g/mol. The predicted octanol–water partition coefficient (Wildman–Crippen LogP) is 3.21. The van der Waals surface area contributed by atoms with Gasteiger partial charge in [-0.3, -0.25) is 4.90 Å². The predicted molar refractivity (Wildman–Crippen MR) is 86.6 cm³/mol. The Morgan fingerprint density at radius 1 is 1.35 bits per heavy atom. The van der Waals surface area contributed by atoms with Gasteiger partial charge in [-0.05, 0) is 50.9 Å². The Hall–Kier alpha value is -0.770. The van der Waals surface area contributed by atoms with E-state index in [-0.39, 0.29) is 18.5 Å². The molecule has 2 N–H and O–H groups in total. The summed E-state index contributed by atoms with van der Waals surface area (Å²) in [7, 11) is 0. The van der Waals surface area contributed by atoms with Crippen LogP contribution in [0.4, 0.5) is 0 Å². The first-order valence-corrected chi connectivity index (χ1v) is 7.38. The molecule has 1 aromatic carbocycles. The fourth-order valence-electron chi connectivity index (χ4n) is 2.76. The van der Waals surface area contributed by atoms with Crippen molar-refractivity contribution in [3.8, 4) is 5.75 Å². The lowest BCUT2D eigenvalue weighted by Gasteiger charge is -2.35. The van der Waals surface area contributed by atoms with Gasteiger partial charge in [-0.25, -0.2) is 0 Å². The third-order valence-electron chi connectivity index (χ3n) is 3.68. The number of nitrogens with two attached hydrogens (primary N) is 1. The number of benzene rings is 1. The summed E-state index contributed by atoms with van der Waals surface area (Å²) in [6.07, 6.45) is 4.06. The molecule has 1 aromatic rings. The second kappa shape index (κ2) is 8.50. The number of piperidine rings is 1. The van der Waals surface area contributed by atoms with Crippen molar-refractivity contribution >= 4 is 12.4 Å². The van der Waals surface area contributed by atoms with E-state index in [2.05, 4.69) is 36.9 Å². The second-order valence-electron chi connectivity index (χ2n) is 5.67. The number of hydrogen-bond donors (Lipinski definition) is 1. The van der Waals surface area contributed by atoms with Gasteiger partial charge < -0.3 is 10.5 Å². The van der Waals surface area contributed by atoms with Crippen molar-refractivity contribution in [2.24, 2.45) is 5.73 Å². The summed E-state index contributed by atoms with van der Waals surface area (Å²) in [6, 6.07) is 8.98. The molecule has 1 aliphatic heterocycles. The standard InChI is InChI=1S/C16H26N2O.ClH/c1-13(2)19-16-8-5-6-14(10-16)12-18-9-4-3-7-15(18)11-17;/h5-6,8,10,13,15H,3-4,7,9,11-12,17H2,1-2H3;1H. The molecule has 0 spiro atoms. The van der Waals surface area contributed by atoms with Crippen molar-refractivity contribution in [1.82, 2.24) is 4.90 Å². The third kappa shape index (κ3) is 4.97. The van der Waals surface area contributed by atoms with Gasteiger partial charge in [-0.1, -0.05) is 18.6 Å². The zero-order chi connectivity index (χ0) is 13.7. The van der Waals surface area contributed by atoms with Crippen LogP contribution in [0.3, 0.4) is 0 Å². The maximum atomic E-state index is 5.88. The fourth-order valence-corrected chi connectivity index (χ4v) is 2.76. The summed E-state index contributed by atoms with van der Waals surface area (Å²) in [4.78, 5) is 2.51. The molecule has 1 atom stereocenters. The summed E-state index contributed by atoms with van der Waals surface area (Å²) in [5.41, 5.74) is 7.19. The normalized spacial score (nSPS) is 19.7. The highest BCUT2D eigenvalue weighted by Crippen LogP contribution is 2.21. The van der Waals surface area contributed by atoms with Crippen LogP contribution in [0.25, 0.3) is 0 Å². The van der Waals surface area contributed by atoms with Gasteiger partial charge in [0, 0.05) is 19.1 Å². The highest BCUT2D eigenvalue weighted by molar-refractivity contribution is 5.85. The summed E-state index contributed by atoms with van der Waals surface area (Å²) >= 11 is 0. The van der Waals surface area contributed by atoms with Gasteiger partial charge in [0.05, 0.1) is 6.10 Å². The average molecular weight is 299 g/mol. The van der Waals surface area contributed by atoms with Crippen LogP contribution >= 0.6 is 12.4 Å². The van der Waals surface area contributed by atoms with Crippen molar-refractivity contribution < 1.29 is 4.74 Å². The Balaban J connectivity index is 0.00000200. The number of ether oxygens (including phenoxy) is 1. The zero-order valence-corrected chi connectivity index (χ0v) is 13.4. The number of nitrogens with zero attached hydrogens (tertiary/aromatic N) is 1. The highest BCUT2D eigenvalue weighted by Gasteiger charge is 2.20. The summed E-state index contributed by atoms with van der Waals surface area (Å²) < 4.78 is 5.75. The monoisotopic (exact) mass is 298 g/mol. The number of rotatable bonds is 5. The van der Waals surface area contributed by atoms with Gasteiger partial charge >= 0.3 is 0 Å². The van der Waals surface area contributed by atoms with E-state index < -0.39 is 0 Å². The largest absolute Gasteiger partial charge is 0.491 e. The van der Waals surface area contributed by atoms with E-state index in [4.69, 9.17) is 10.5 Å². The molecule has 2 rings (SSSR count). The Labute approximate surface area is 128 Å². The topological polar surface area (TPSA) is 38.5 Å². The van der Waals surface area contributed by atoms with E-state index in [9.17, 15) is 0 Å². The molecule has 1 unspecified atom stereocenters. The van der Waals surface area contributed by atoms with E-state index in [1.54, 1.807) is 0 Å². The molecule has 1 aliphatic rings. The molecule has 0 aliphatic carbocycles. The third-order valence-corrected chi connectivity index (χ3v) is 3.68. The first kappa shape index (κ1) is 17.3. The van der Waals surface area contributed by atoms with Crippen molar-refractivity contribution in [3.05, 3.63) is 29.8 Å². The minimum absolute atomic E-state index is 0. The number of likely N-dealkylation sites (tertiary alicyclic amines) is 1. The van der Waals surface area contributed by atoms with E-state index in [1.165, 1.54) is 24.8 Å². The van der Waals surface area contributed by atoms with Crippen LogP contribution in [0.15, 0.2) is 24.3 Å². The van der Waals surface area contributed by atoms with Crippen LogP contribution < -0.4 is 10.5 Å². The maximum Gasteiger partial charge on any atom is 0.120 e. The lowest BCUT2D eigenvalue weighted by molar-refractivity contribution is 0.144. The first-order chi connectivity index (χ1) is 9.19. The summed E-state index contributed by atoms with van der Waals surface area (Å²) in [6.45, 7) is 7.03. The minimum atomic E-state index is 0. The van der Waals surface area contributed by atoms with Gasteiger partial charge in [0.25, 0.3) is 0 Å². The van der Waals surface area contributed by atoms with E-state index in [0.717, 1.165) is 25.4 Å². The Morgan fingerprint density at radius 3 is 2.85 bits per heavy atom. The molecule has 0 amide bonds. The average Bonchev–Trinajstić information content (AvgIpc) is 2.39. The van der Waals surface area contributed by atoms with Gasteiger partial charge in [-0.2, -0.15) is 0 Å². The van der Waals surface area contributed by atoms with Crippen molar-refractivity contribution in [2.45, 2.75) is 51.8 Å². The lowest BCUT2D eigenvalue weighted by atomic mass is 10.0. The van der Waals surface area contributed by atoms with Gasteiger partial charge in [-0.15, -0.1) is 12.4 Å².